The molecule has 0 radical (unpaired) electrons. The van der Waals surface area contributed by atoms with Crippen LogP contribution in [-0.4, -0.2) is 24.3 Å². The number of ketones is 1. The van der Waals surface area contributed by atoms with Crippen molar-refractivity contribution >= 4 is 45.3 Å². The van der Waals surface area contributed by atoms with Crippen LogP contribution in [0.1, 0.15) is 60.0 Å². The third-order valence-electron chi connectivity index (χ3n) is 5.35. The summed E-state index contributed by atoms with van der Waals surface area (Å²) in [6, 6.07) is 9.30. The first-order valence-corrected chi connectivity index (χ1v) is 11.9. The number of fused-ring (bicyclic) bond motifs is 1. The highest BCUT2D eigenvalue weighted by Gasteiger charge is 2.27. The SMILES string of the molecule is Cc1ccc(C(=O)c2c(NC(=O)COC(=O)c3sccc3C)sc3c2CCCC3)cc1. The van der Waals surface area contributed by atoms with E-state index in [1.165, 1.54) is 22.7 Å². The Labute approximate surface area is 189 Å². The molecule has 0 spiro atoms. The molecule has 1 aromatic carbocycles. The van der Waals surface area contributed by atoms with Crippen molar-refractivity contribution in [3.8, 4) is 0 Å². The number of hydrogen-bond acceptors (Lipinski definition) is 6. The molecule has 4 rings (SSSR count). The summed E-state index contributed by atoms with van der Waals surface area (Å²) in [5, 5.41) is 5.19. The van der Waals surface area contributed by atoms with E-state index in [0.717, 1.165) is 47.3 Å². The van der Waals surface area contributed by atoms with Crippen LogP contribution in [0, 0.1) is 13.8 Å². The van der Waals surface area contributed by atoms with E-state index in [1.807, 2.05) is 49.6 Å². The second-order valence-electron chi connectivity index (χ2n) is 7.67. The summed E-state index contributed by atoms with van der Waals surface area (Å²) in [5.74, 6) is -1.04. The Balaban J connectivity index is 1.53. The van der Waals surface area contributed by atoms with E-state index in [0.29, 0.717) is 21.0 Å². The zero-order valence-electron chi connectivity index (χ0n) is 17.4. The Kier molecular flexibility index (Phi) is 6.34. The van der Waals surface area contributed by atoms with Crippen molar-refractivity contribution in [2.45, 2.75) is 39.5 Å². The number of hydrogen-bond donors (Lipinski definition) is 1. The Bertz CT molecular complexity index is 1140. The first-order chi connectivity index (χ1) is 14.9. The zero-order chi connectivity index (χ0) is 22.0. The summed E-state index contributed by atoms with van der Waals surface area (Å²) in [6.45, 7) is 3.41. The van der Waals surface area contributed by atoms with Crippen LogP contribution in [-0.2, 0) is 22.4 Å². The molecule has 0 bridgehead atoms. The largest absolute Gasteiger partial charge is 0.451 e. The monoisotopic (exact) mass is 453 g/mol. The minimum Gasteiger partial charge on any atom is -0.451 e. The van der Waals surface area contributed by atoms with Crippen LogP contribution in [0.5, 0.6) is 0 Å². The summed E-state index contributed by atoms with van der Waals surface area (Å²) in [6.07, 6.45) is 3.86. The van der Waals surface area contributed by atoms with Gasteiger partial charge in [-0.15, -0.1) is 22.7 Å². The highest BCUT2D eigenvalue weighted by molar-refractivity contribution is 7.17. The maximum atomic E-state index is 13.3. The topological polar surface area (TPSA) is 72.5 Å². The zero-order valence-corrected chi connectivity index (χ0v) is 19.1. The van der Waals surface area contributed by atoms with Gasteiger partial charge in [-0.2, -0.15) is 0 Å². The summed E-state index contributed by atoms with van der Waals surface area (Å²) < 4.78 is 5.18. The molecule has 3 aromatic rings. The molecular formula is C24H23NO4S2. The minimum absolute atomic E-state index is 0.0825. The fourth-order valence-electron chi connectivity index (χ4n) is 3.68. The van der Waals surface area contributed by atoms with Crippen LogP contribution in [0.4, 0.5) is 5.00 Å². The smallest absolute Gasteiger partial charge is 0.349 e. The van der Waals surface area contributed by atoms with Gasteiger partial charge in [-0.25, -0.2) is 4.79 Å². The van der Waals surface area contributed by atoms with Crippen LogP contribution < -0.4 is 5.32 Å². The molecule has 2 heterocycles. The number of thiophene rings is 2. The number of benzene rings is 1. The van der Waals surface area contributed by atoms with Gasteiger partial charge in [-0.1, -0.05) is 29.8 Å². The molecular weight excluding hydrogens is 430 g/mol. The van der Waals surface area contributed by atoms with E-state index in [9.17, 15) is 14.4 Å². The number of nitrogens with one attached hydrogen (secondary N) is 1. The predicted octanol–water partition coefficient (Wildman–Crippen LogP) is 5.33. The third kappa shape index (κ3) is 4.62. The number of anilines is 1. The molecule has 0 saturated carbocycles. The first kappa shape index (κ1) is 21.5. The summed E-state index contributed by atoms with van der Waals surface area (Å²) in [5.41, 5.74) is 4.14. The van der Waals surface area contributed by atoms with Gasteiger partial charge in [0.25, 0.3) is 5.91 Å². The molecule has 0 atom stereocenters. The van der Waals surface area contributed by atoms with E-state index in [-0.39, 0.29) is 5.78 Å². The highest BCUT2D eigenvalue weighted by atomic mass is 32.1. The molecule has 1 aliphatic carbocycles. The molecule has 160 valence electrons. The van der Waals surface area contributed by atoms with E-state index >= 15 is 0 Å². The second kappa shape index (κ2) is 9.16. The highest BCUT2D eigenvalue weighted by Crippen LogP contribution is 2.39. The first-order valence-electron chi connectivity index (χ1n) is 10.2. The number of rotatable bonds is 6. The van der Waals surface area contributed by atoms with Crippen molar-refractivity contribution in [2.75, 3.05) is 11.9 Å². The quantitative estimate of drug-likeness (QED) is 0.404. The number of carbonyl (C=O) groups excluding carboxylic acids is 3. The molecule has 31 heavy (non-hydrogen) atoms. The van der Waals surface area contributed by atoms with Gasteiger partial charge in [0, 0.05) is 10.4 Å². The number of amides is 1. The van der Waals surface area contributed by atoms with Gasteiger partial charge >= 0.3 is 5.97 Å². The number of aryl methyl sites for hydroxylation is 3. The normalized spacial score (nSPS) is 12.8. The number of ether oxygens (including phenoxy) is 1. The standard InChI is InChI=1S/C24H23NO4S2/c1-14-7-9-16(10-8-14)21(27)20-17-5-3-4-6-18(17)31-23(20)25-19(26)13-29-24(28)22-15(2)11-12-30-22/h7-12H,3-6,13H2,1-2H3,(H,25,26). The molecule has 7 heteroatoms. The molecule has 0 unspecified atom stereocenters. The van der Waals surface area contributed by atoms with Gasteiger partial charge in [0.1, 0.15) is 9.88 Å². The molecule has 1 aliphatic rings. The molecule has 5 nitrogen and oxygen atoms in total. The maximum Gasteiger partial charge on any atom is 0.349 e. The van der Waals surface area contributed by atoms with Crippen LogP contribution in [0.25, 0.3) is 0 Å². The molecule has 0 fully saturated rings. The molecule has 0 saturated heterocycles. The molecule has 2 aromatic heterocycles. The molecule has 0 aliphatic heterocycles. The minimum atomic E-state index is -0.510. The summed E-state index contributed by atoms with van der Waals surface area (Å²) in [7, 11) is 0. The van der Waals surface area contributed by atoms with E-state index in [4.69, 9.17) is 4.74 Å². The lowest BCUT2D eigenvalue weighted by Crippen LogP contribution is -2.21. The maximum absolute atomic E-state index is 13.3. The number of esters is 1. The van der Waals surface area contributed by atoms with E-state index < -0.39 is 18.5 Å². The van der Waals surface area contributed by atoms with Crippen molar-refractivity contribution in [2.24, 2.45) is 0 Å². The van der Waals surface area contributed by atoms with Gasteiger partial charge in [0.2, 0.25) is 0 Å². The van der Waals surface area contributed by atoms with Gasteiger partial charge in [0.15, 0.2) is 12.4 Å². The average Bonchev–Trinajstić information content (AvgIpc) is 3.35. The second-order valence-corrected chi connectivity index (χ2v) is 9.69. The van der Waals surface area contributed by atoms with Gasteiger partial charge in [-0.3, -0.25) is 9.59 Å². The Morgan fingerprint density at radius 3 is 2.48 bits per heavy atom. The summed E-state index contributed by atoms with van der Waals surface area (Å²) in [4.78, 5) is 39.7. The van der Waals surface area contributed by atoms with E-state index in [1.54, 1.807) is 0 Å². The van der Waals surface area contributed by atoms with Gasteiger partial charge in [-0.05, 0) is 62.1 Å². The van der Waals surface area contributed by atoms with Crippen molar-refractivity contribution in [1.29, 1.82) is 0 Å². The fraction of sp³-hybridized carbons (Fsp3) is 0.292. The van der Waals surface area contributed by atoms with Crippen LogP contribution >= 0.6 is 22.7 Å². The lowest BCUT2D eigenvalue weighted by atomic mass is 9.91. The van der Waals surface area contributed by atoms with Crippen molar-refractivity contribution < 1.29 is 19.1 Å². The van der Waals surface area contributed by atoms with Gasteiger partial charge < -0.3 is 10.1 Å². The Hall–Kier alpha value is -2.77. The Morgan fingerprint density at radius 1 is 1.03 bits per heavy atom. The van der Waals surface area contributed by atoms with Crippen LogP contribution in [0.2, 0.25) is 0 Å². The molecule has 1 N–H and O–H groups in total. The lowest BCUT2D eigenvalue weighted by molar-refractivity contribution is -0.119. The predicted molar refractivity (Wildman–Crippen MR) is 124 cm³/mol. The van der Waals surface area contributed by atoms with Gasteiger partial charge in [0.05, 0.1) is 5.56 Å². The average molecular weight is 454 g/mol. The lowest BCUT2D eigenvalue weighted by Gasteiger charge is -2.13. The van der Waals surface area contributed by atoms with Crippen LogP contribution in [0.15, 0.2) is 35.7 Å². The Morgan fingerprint density at radius 2 is 1.77 bits per heavy atom. The molecule has 1 amide bonds. The third-order valence-corrected chi connectivity index (χ3v) is 7.55. The van der Waals surface area contributed by atoms with E-state index in [2.05, 4.69) is 5.32 Å². The fourth-order valence-corrected chi connectivity index (χ4v) is 5.80. The van der Waals surface area contributed by atoms with Crippen molar-refractivity contribution in [3.05, 3.63) is 73.3 Å². The van der Waals surface area contributed by atoms with Crippen molar-refractivity contribution in [1.82, 2.24) is 0 Å². The number of carbonyl (C=O) groups is 3. The van der Waals surface area contributed by atoms with Crippen LogP contribution in [0.3, 0.4) is 0 Å². The van der Waals surface area contributed by atoms with Crippen molar-refractivity contribution in [3.63, 3.8) is 0 Å². The summed E-state index contributed by atoms with van der Waals surface area (Å²) >= 11 is 2.75.